The number of nitrogens with one attached hydrogen (secondary N) is 2. The number of alkyl halides is 2. The Labute approximate surface area is 136 Å². The Morgan fingerprint density at radius 1 is 1.41 bits per heavy atom. The zero-order valence-corrected chi connectivity index (χ0v) is 13.7. The lowest BCUT2D eigenvalue weighted by molar-refractivity contribution is -0.121. The molecule has 1 aliphatic rings. The first kappa shape index (κ1) is 17.1. The molecular formula is C15H19BrF2N2O2. The molecule has 0 bridgehead atoms. The number of hydrogen-bond acceptors (Lipinski definition) is 3. The zero-order valence-electron chi connectivity index (χ0n) is 12.1. The molecule has 2 N–H and O–H groups in total. The second-order valence-electron chi connectivity index (χ2n) is 5.25. The van der Waals surface area contributed by atoms with Gasteiger partial charge >= 0.3 is 6.61 Å². The quantitative estimate of drug-likeness (QED) is 0.650. The van der Waals surface area contributed by atoms with E-state index in [0.29, 0.717) is 37.5 Å². The van der Waals surface area contributed by atoms with Crippen molar-refractivity contribution in [3.63, 3.8) is 0 Å². The fraction of sp³-hybridized carbons (Fsp3) is 0.533. The molecule has 0 aliphatic heterocycles. The van der Waals surface area contributed by atoms with Gasteiger partial charge in [0.15, 0.2) is 0 Å². The summed E-state index contributed by atoms with van der Waals surface area (Å²) < 4.78 is 30.0. The van der Waals surface area contributed by atoms with Crippen LogP contribution in [0.1, 0.15) is 31.2 Å². The number of carbonyl (C=O) groups excluding carboxylic acids is 1. The lowest BCUT2D eigenvalue weighted by Crippen LogP contribution is -2.26. The number of rotatable bonds is 9. The minimum Gasteiger partial charge on any atom is -0.434 e. The maximum atomic E-state index is 12.3. The fourth-order valence-electron chi connectivity index (χ4n) is 2.02. The van der Waals surface area contributed by atoms with Gasteiger partial charge in [-0.15, -0.1) is 0 Å². The van der Waals surface area contributed by atoms with E-state index in [9.17, 15) is 13.6 Å². The van der Waals surface area contributed by atoms with Gasteiger partial charge in [-0.2, -0.15) is 8.78 Å². The van der Waals surface area contributed by atoms with Crippen molar-refractivity contribution in [3.8, 4) is 5.75 Å². The Morgan fingerprint density at radius 2 is 2.18 bits per heavy atom. The predicted molar refractivity (Wildman–Crippen MR) is 82.9 cm³/mol. The van der Waals surface area contributed by atoms with Crippen LogP contribution in [0.25, 0.3) is 0 Å². The number of benzene rings is 1. The van der Waals surface area contributed by atoms with Gasteiger partial charge in [0, 0.05) is 29.0 Å². The Hall–Kier alpha value is -1.21. The van der Waals surface area contributed by atoms with Gasteiger partial charge in [0.25, 0.3) is 0 Å². The fourth-order valence-corrected chi connectivity index (χ4v) is 2.43. The minimum absolute atomic E-state index is 0.0773. The Bertz CT molecular complexity index is 510. The topological polar surface area (TPSA) is 50.4 Å². The van der Waals surface area contributed by atoms with Crippen LogP contribution in [-0.2, 0) is 11.3 Å². The summed E-state index contributed by atoms with van der Waals surface area (Å²) in [6.07, 6.45) is 3.35. The van der Waals surface area contributed by atoms with Gasteiger partial charge < -0.3 is 15.4 Å². The van der Waals surface area contributed by atoms with Crippen molar-refractivity contribution >= 4 is 21.8 Å². The molecule has 1 aromatic carbocycles. The summed E-state index contributed by atoms with van der Waals surface area (Å²) in [5, 5.41) is 6.07. The molecule has 0 aromatic heterocycles. The minimum atomic E-state index is -2.84. The highest BCUT2D eigenvalue weighted by Gasteiger charge is 2.22. The van der Waals surface area contributed by atoms with Gasteiger partial charge in [0.05, 0.1) is 0 Å². The summed E-state index contributed by atoms with van der Waals surface area (Å²) in [4.78, 5) is 11.5. The van der Waals surface area contributed by atoms with Gasteiger partial charge in [-0.3, -0.25) is 4.79 Å². The maximum Gasteiger partial charge on any atom is 0.387 e. The van der Waals surface area contributed by atoms with Crippen LogP contribution in [-0.4, -0.2) is 25.1 Å². The van der Waals surface area contributed by atoms with E-state index in [4.69, 9.17) is 0 Å². The molecule has 0 atom stereocenters. The summed E-state index contributed by atoms with van der Waals surface area (Å²) in [6, 6.07) is 5.29. The van der Waals surface area contributed by atoms with Crippen molar-refractivity contribution in [3.05, 3.63) is 28.2 Å². The SMILES string of the molecule is O=C(CCCNCc1cc(Br)ccc1OC(F)F)NC1CC1. The van der Waals surface area contributed by atoms with Crippen LogP contribution in [0, 0.1) is 0 Å². The molecule has 0 unspecified atom stereocenters. The summed E-state index contributed by atoms with van der Waals surface area (Å²) in [5.74, 6) is 0.241. The Balaban J connectivity index is 1.71. The molecule has 1 aromatic rings. The number of halogens is 3. The third-order valence-corrected chi connectivity index (χ3v) is 3.75. The number of carbonyl (C=O) groups is 1. The number of hydrogen-bond donors (Lipinski definition) is 2. The summed E-state index contributed by atoms with van der Waals surface area (Å²) in [5.41, 5.74) is 0.650. The average Bonchev–Trinajstić information content (AvgIpc) is 3.24. The standard InChI is InChI=1S/C15H19BrF2N2O2/c16-11-3-6-13(22-15(17)18)10(8-11)9-19-7-1-2-14(21)20-12-4-5-12/h3,6,8,12,15,19H,1-2,4-5,7,9H2,(H,20,21). The lowest BCUT2D eigenvalue weighted by atomic mass is 10.2. The van der Waals surface area contributed by atoms with E-state index in [1.54, 1.807) is 12.1 Å². The van der Waals surface area contributed by atoms with Crippen molar-refractivity contribution in [2.24, 2.45) is 0 Å². The highest BCUT2D eigenvalue weighted by molar-refractivity contribution is 9.10. The third kappa shape index (κ3) is 6.27. The van der Waals surface area contributed by atoms with Gasteiger partial charge in [0.1, 0.15) is 5.75 Å². The first-order chi connectivity index (χ1) is 10.5. The first-order valence-corrected chi connectivity index (χ1v) is 8.07. The van der Waals surface area contributed by atoms with E-state index in [-0.39, 0.29) is 11.7 Å². The summed E-state index contributed by atoms with van der Waals surface area (Å²) >= 11 is 3.31. The molecule has 0 radical (unpaired) electrons. The van der Waals surface area contributed by atoms with Crippen LogP contribution in [0.2, 0.25) is 0 Å². The van der Waals surface area contributed by atoms with Crippen molar-refractivity contribution in [2.75, 3.05) is 6.54 Å². The van der Waals surface area contributed by atoms with Crippen LogP contribution in [0.4, 0.5) is 8.78 Å². The molecule has 2 rings (SSSR count). The molecule has 4 nitrogen and oxygen atoms in total. The largest absolute Gasteiger partial charge is 0.434 e. The van der Waals surface area contributed by atoms with E-state index in [1.807, 2.05) is 0 Å². The van der Waals surface area contributed by atoms with Gasteiger partial charge in [-0.05, 0) is 44.0 Å². The van der Waals surface area contributed by atoms with Crippen LogP contribution < -0.4 is 15.4 Å². The van der Waals surface area contributed by atoms with E-state index >= 15 is 0 Å². The molecule has 1 aliphatic carbocycles. The van der Waals surface area contributed by atoms with E-state index < -0.39 is 6.61 Å². The molecule has 1 amide bonds. The molecule has 0 heterocycles. The average molecular weight is 377 g/mol. The maximum absolute atomic E-state index is 12.3. The molecule has 7 heteroatoms. The summed E-state index contributed by atoms with van der Waals surface area (Å²) in [7, 11) is 0. The number of amides is 1. The van der Waals surface area contributed by atoms with Crippen molar-refractivity contribution in [1.82, 2.24) is 10.6 Å². The molecule has 0 spiro atoms. The van der Waals surface area contributed by atoms with E-state index in [2.05, 4.69) is 31.3 Å². The Morgan fingerprint density at radius 3 is 2.86 bits per heavy atom. The second-order valence-corrected chi connectivity index (χ2v) is 6.17. The van der Waals surface area contributed by atoms with E-state index in [0.717, 1.165) is 17.3 Å². The molecule has 0 saturated heterocycles. The van der Waals surface area contributed by atoms with Crippen LogP contribution in [0.3, 0.4) is 0 Å². The predicted octanol–water partition coefficient (Wildman–Crippen LogP) is 3.20. The van der Waals surface area contributed by atoms with Crippen LogP contribution >= 0.6 is 15.9 Å². The molecular weight excluding hydrogens is 358 g/mol. The van der Waals surface area contributed by atoms with Gasteiger partial charge in [0.2, 0.25) is 5.91 Å². The lowest BCUT2D eigenvalue weighted by Gasteiger charge is -2.12. The first-order valence-electron chi connectivity index (χ1n) is 7.28. The van der Waals surface area contributed by atoms with Gasteiger partial charge in [-0.25, -0.2) is 0 Å². The Kier molecular flexibility index (Phi) is 6.57. The van der Waals surface area contributed by atoms with Crippen LogP contribution in [0.5, 0.6) is 5.75 Å². The monoisotopic (exact) mass is 376 g/mol. The second kappa shape index (κ2) is 8.43. The van der Waals surface area contributed by atoms with Gasteiger partial charge in [-0.1, -0.05) is 15.9 Å². The smallest absolute Gasteiger partial charge is 0.387 e. The highest BCUT2D eigenvalue weighted by atomic mass is 79.9. The molecule has 1 fully saturated rings. The molecule has 122 valence electrons. The normalized spacial score (nSPS) is 14.2. The highest BCUT2D eigenvalue weighted by Crippen LogP contribution is 2.24. The van der Waals surface area contributed by atoms with Crippen molar-refractivity contribution in [1.29, 1.82) is 0 Å². The zero-order chi connectivity index (χ0) is 15.9. The van der Waals surface area contributed by atoms with Crippen molar-refractivity contribution < 1.29 is 18.3 Å². The van der Waals surface area contributed by atoms with Crippen LogP contribution in [0.15, 0.2) is 22.7 Å². The third-order valence-electron chi connectivity index (χ3n) is 3.25. The molecule has 1 saturated carbocycles. The molecule has 22 heavy (non-hydrogen) atoms. The summed E-state index contributed by atoms with van der Waals surface area (Å²) in [6.45, 7) is -1.80. The van der Waals surface area contributed by atoms with Crippen molar-refractivity contribution in [2.45, 2.75) is 44.9 Å². The number of ether oxygens (including phenoxy) is 1. The van der Waals surface area contributed by atoms with E-state index in [1.165, 1.54) is 6.07 Å².